The zero-order valence-electron chi connectivity index (χ0n) is 17.4. The molecule has 1 aliphatic carbocycles. The number of pyridine rings is 1. The fourth-order valence-electron chi connectivity index (χ4n) is 3.94. The Morgan fingerprint density at radius 2 is 2.00 bits per heavy atom. The van der Waals surface area contributed by atoms with Crippen LogP contribution in [-0.2, 0) is 6.42 Å². The molecule has 7 nitrogen and oxygen atoms in total. The lowest BCUT2D eigenvalue weighted by atomic mass is 9.86. The number of ether oxygens (including phenoxy) is 1. The molecule has 5 rings (SSSR count). The Hall–Kier alpha value is -3.49. The maximum Gasteiger partial charge on any atom is 0.269 e. The molecule has 32 heavy (non-hydrogen) atoms. The van der Waals surface area contributed by atoms with Crippen molar-refractivity contribution in [2.24, 2.45) is 0 Å². The smallest absolute Gasteiger partial charge is 0.269 e. The van der Waals surface area contributed by atoms with Crippen molar-refractivity contribution in [2.75, 3.05) is 12.4 Å². The van der Waals surface area contributed by atoms with Gasteiger partial charge in [-0.1, -0.05) is 35.6 Å². The molecule has 1 aliphatic rings. The van der Waals surface area contributed by atoms with Crippen LogP contribution < -0.4 is 15.4 Å². The van der Waals surface area contributed by atoms with Crippen LogP contribution >= 0.6 is 11.3 Å². The van der Waals surface area contributed by atoms with Crippen LogP contribution in [0.25, 0.3) is 10.2 Å². The van der Waals surface area contributed by atoms with E-state index >= 15 is 0 Å². The van der Waals surface area contributed by atoms with Crippen molar-refractivity contribution >= 4 is 32.6 Å². The van der Waals surface area contributed by atoms with Gasteiger partial charge in [0.25, 0.3) is 5.91 Å². The lowest BCUT2D eigenvalue weighted by molar-refractivity contribution is 0.0957. The maximum absolute atomic E-state index is 11.8. The quantitative estimate of drug-likeness (QED) is 0.423. The van der Waals surface area contributed by atoms with Gasteiger partial charge in [-0.15, -0.1) is 0 Å². The van der Waals surface area contributed by atoms with Gasteiger partial charge >= 0.3 is 0 Å². The van der Waals surface area contributed by atoms with E-state index in [1.54, 1.807) is 25.4 Å². The van der Waals surface area contributed by atoms with Crippen LogP contribution in [-0.4, -0.2) is 34.1 Å². The molecule has 1 amide bonds. The summed E-state index contributed by atoms with van der Waals surface area (Å²) in [6, 6.07) is 17.0. The van der Waals surface area contributed by atoms with Crippen LogP contribution in [0.2, 0.25) is 0 Å². The third-order valence-corrected chi connectivity index (χ3v) is 6.50. The van der Waals surface area contributed by atoms with Crippen molar-refractivity contribution in [2.45, 2.75) is 25.0 Å². The highest BCUT2D eigenvalue weighted by Crippen LogP contribution is 2.36. The number of hydrogen-bond acceptors (Lipinski definition) is 7. The van der Waals surface area contributed by atoms with Crippen LogP contribution in [0, 0.1) is 0 Å². The number of carbonyl (C=O) groups is 1. The van der Waals surface area contributed by atoms with Gasteiger partial charge in [-0.25, -0.2) is 4.98 Å². The van der Waals surface area contributed by atoms with Crippen LogP contribution in [0.4, 0.5) is 5.13 Å². The van der Waals surface area contributed by atoms with Crippen LogP contribution in [0.5, 0.6) is 11.5 Å². The summed E-state index contributed by atoms with van der Waals surface area (Å²) in [5.74, 6) is 0.906. The number of aliphatic hydroxyl groups is 1. The van der Waals surface area contributed by atoms with E-state index in [4.69, 9.17) is 4.74 Å². The van der Waals surface area contributed by atoms with Gasteiger partial charge in [-0.2, -0.15) is 0 Å². The average Bonchev–Trinajstić information content (AvgIpc) is 3.22. The van der Waals surface area contributed by atoms with Gasteiger partial charge in [0.05, 0.1) is 22.4 Å². The van der Waals surface area contributed by atoms with E-state index in [2.05, 4.69) is 32.7 Å². The van der Waals surface area contributed by atoms with E-state index < -0.39 is 6.10 Å². The first-order valence-electron chi connectivity index (χ1n) is 10.4. The fraction of sp³-hybridized carbons (Fsp3) is 0.208. The van der Waals surface area contributed by atoms with Gasteiger partial charge in [0, 0.05) is 25.4 Å². The number of amides is 1. The molecule has 0 aliphatic heterocycles. The average molecular weight is 447 g/mol. The number of nitrogens with one attached hydrogen (secondary N) is 2. The monoisotopic (exact) mass is 446 g/mol. The largest absolute Gasteiger partial charge is 0.457 e. The highest BCUT2D eigenvalue weighted by atomic mass is 32.1. The molecular weight excluding hydrogens is 424 g/mol. The van der Waals surface area contributed by atoms with Gasteiger partial charge in [0.1, 0.15) is 17.2 Å². The Kier molecular flexibility index (Phi) is 5.46. The lowest BCUT2D eigenvalue weighted by Crippen LogP contribution is -2.30. The predicted octanol–water partition coefficient (Wildman–Crippen LogP) is 4.30. The number of aromatic nitrogens is 2. The summed E-state index contributed by atoms with van der Waals surface area (Å²) in [6.45, 7) is 0. The number of anilines is 1. The molecule has 2 aromatic heterocycles. The van der Waals surface area contributed by atoms with Crippen molar-refractivity contribution in [1.82, 2.24) is 15.3 Å². The molecule has 8 heteroatoms. The van der Waals surface area contributed by atoms with Crippen molar-refractivity contribution < 1.29 is 14.6 Å². The minimum atomic E-state index is -0.461. The lowest BCUT2D eigenvalue weighted by Gasteiger charge is -2.30. The minimum absolute atomic E-state index is 0.184. The summed E-state index contributed by atoms with van der Waals surface area (Å²) in [6.07, 6.45) is 2.69. The van der Waals surface area contributed by atoms with Gasteiger partial charge in [-0.3, -0.25) is 9.78 Å². The normalized spacial score (nSPS) is 17.6. The van der Waals surface area contributed by atoms with Crippen LogP contribution in [0.15, 0.2) is 60.8 Å². The van der Waals surface area contributed by atoms with Gasteiger partial charge in [0.2, 0.25) is 0 Å². The SMILES string of the molecule is CNC(=O)c1cc(Oc2ccc3nc(N[C@@H]4c5ccccc5CC[C@@H]4O)sc3c2)ccn1. The molecule has 2 aromatic carbocycles. The molecule has 4 aromatic rings. The van der Waals surface area contributed by atoms with Crippen LogP contribution in [0.3, 0.4) is 0 Å². The molecule has 0 fully saturated rings. The molecule has 0 saturated heterocycles. The number of fused-ring (bicyclic) bond motifs is 2. The Morgan fingerprint density at radius 3 is 2.88 bits per heavy atom. The van der Waals surface area contributed by atoms with Crippen LogP contribution in [0.1, 0.15) is 34.1 Å². The van der Waals surface area contributed by atoms with Crippen molar-refractivity contribution in [3.05, 3.63) is 77.6 Å². The highest BCUT2D eigenvalue weighted by molar-refractivity contribution is 7.22. The molecule has 3 N–H and O–H groups in total. The second-order valence-corrected chi connectivity index (χ2v) is 8.66. The summed E-state index contributed by atoms with van der Waals surface area (Å²) >= 11 is 1.51. The van der Waals surface area contributed by atoms with Gasteiger partial charge in [0.15, 0.2) is 5.13 Å². The Balaban J connectivity index is 1.38. The number of nitrogens with zero attached hydrogens (tertiary/aromatic N) is 2. The first-order chi connectivity index (χ1) is 15.6. The molecule has 0 radical (unpaired) electrons. The molecule has 0 saturated carbocycles. The summed E-state index contributed by atoms with van der Waals surface area (Å²) < 4.78 is 6.91. The Morgan fingerprint density at radius 1 is 1.16 bits per heavy atom. The zero-order chi connectivity index (χ0) is 22.1. The Bertz CT molecular complexity index is 1290. The summed E-state index contributed by atoms with van der Waals surface area (Å²) in [5.41, 5.74) is 3.53. The number of aliphatic hydroxyl groups excluding tert-OH is 1. The number of thiazole rings is 1. The molecule has 2 heterocycles. The minimum Gasteiger partial charge on any atom is -0.457 e. The molecule has 0 spiro atoms. The third kappa shape index (κ3) is 4.02. The van der Waals surface area contributed by atoms with Crippen molar-refractivity contribution in [1.29, 1.82) is 0 Å². The topological polar surface area (TPSA) is 96.4 Å². The standard InChI is InChI=1S/C24H22N4O3S/c1-25-23(30)19-12-16(10-11-26-19)31-15-7-8-18-21(13-15)32-24(27-18)28-22-17-5-3-2-4-14(17)6-9-20(22)29/h2-5,7-8,10-13,20,22,29H,6,9H2,1H3,(H,25,30)(H,27,28)/t20-,22+/m0/s1. The molecule has 0 bridgehead atoms. The number of carbonyl (C=O) groups excluding carboxylic acids is 1. The summed E-state index contributed by atoms with van der Waals surface area (Å²) in [5, 5.41) is 17.3. The van der Waals surface area contributed by atoms with Gasteiger partial charge in [-0.05, 0) is 42.2 Å². The van der Waals surface area contributed by atoms with E-state index in [9.17, 15) is 9.90 Å². The fourth-order valence-corrected chi connectivity index (χ4v) is 4.87. The first kappa shape index (κ1) is 20.4. The number of hydrogen-bond donors (Lipinski definition) is 3. The molecule has 2 atom stereocenters. The molecule has 0 unspecified atom stereocenters. The van der Waals surface area contributed by atoms with Crippen molar-refractivity contribution in [3.63, 3.8) is 0 Å². The number of benzene rings is 2. The number of rotatable bonds is 5. The van der Waals surface area contributed by atoms with Gasteiger partial charge < -0.3 is 20.5 Å². The highest BCUT2D eigenvalue weighted by Gasteiger charge is 2.28. The van der Waals surface area contributed by atoms with E-state index in [1.165, 1.54) is 16.9 Å². The second kappa shape index (κ2) is 8.57. The third-order valence-electron chi connectivity index (χ3n) is 5.55. The summed E-state index contributed by atoms with van der Waals surface area (Å²) in [7, 11) is 1.56. The molecular formula is C24H22N4O3S. The predicted molar refractivity (Wildman–Crippen MR) is 124 cm³/mol. The first-order valence-corrected chi connectivity index (χ1v) is 11.2. The second-order valence-electron chi connectivity index (χ2n) is 7.63. The van der Waals surface area contributed by atoms with E-state index in [-0.39, 0.29) is 11.9 Å². The van der Waals surface area contributed by atoms with E-state index in [1.807, 2.05) is 30.3 Å². The zero-order valence-corrected chi connectivity index (χ0v) is 18.2. The summed E-state index contributed by atoms with van der Waals surface area (Å²) in [4.78, 5) is 20.5. The van der Waals surface area contributed by atoms with E-state index in [0.717, 1.165) is 33.8 Å². The Labute approximate surface area is 189 Å². The van der Waals surface area contributed by atoms with E-state index in [0.29, 0.717) is 17.2 Å². The van der Waals surface area contributed by atoms with Crippen molar-refractivity contribution in [3.8, 4) is 11.5 Å². The molecule has 162 valence electrons. The number of aryl methyl sites for hydroxylation is 1. The maximum atomic E-state index is 11.8.